The highest BCUT2D eigenvalue weighted by Crippen LogP contribution is 2.37. The van der Waals surface area contributed by atoms with E-state index in [0.717, 1.165) is 23.9 Å². The van der Waals surface area contributed by atoms with Crippen LogP contribution in [-0.4, -0.2) is 50.8 Å². The molecule has 0 aliphatic heterocycles. The van der Waals surface area contributed by atoms with Crippen LogP contribution in [0.2, 0.25) is 0 Å². The van der Waals surface area contributed by atoms with E-state index in [1.54, 1.807) is 24.6 Å². The van der Waals surface area contributed by atoms with Gasteiger partial charge in [-0.1, -0.05) is 12.0 Å². The van der Waals surface area contributed by atoms with Crippen LogP contribution in [0.25, 0.3) is 11.4 Å². The largest absolute Gasteiger partial charge is 0.494 e. The molecule has 0 radical (unpaired) electrons. The van der Waals surface area contributed by atoms with Gasteiger partial charge in [0, 0.05) is 23.1 Å². The number of hydrogen-bond donors (Lipinski definition) is 3. The lowest BCUT2D eigenvalue weighted by atomic mass is 10.1. The van der Waals surface area contributed by atoms with E-state index in [9.17, 15) is 4.79 Å². The number of para-hydroxylation sites is 1. The SMILES string of the molecule is [2H]C#CC([2H])([2H])n1cnc(-c2cccc(Nc3cc(N=C(N)C4CC4)nnc3C(=O)NC([2H])([2H])[2H])c2OC)n1. The van der Waals surface area contributed by atoms with Crippen LogP contribution in [0.3, 0.4) is 0 Å². The van der Waals surface area contributed by atoms with Crippen LogP contribution in [0, 0.1) is 18.2 Å². The number of carbonyl (C=O) groups excluding carboxylic acids is 1. The molecule has 2 heterocycles. The Labute approximate surface area is 198 Å². The summed E-state index contributed by atoms with van der Waals surface area (Å²) in [6.07, 6.45) is 4.74. The van der Waals surface area contributed by atoms with E-state index in [1.807, 2.05) is 5.32 Å². The maximum atomic E-state index is 12.7. The van der Waals surface area contributed by atoms with E-state index < -0.39 is 19.4 Å². The summed E-state index contributed by atoms with van der Waals surface area (Å²) in [5.41, 5.74) is 6.45. The van der Waals surface area contributed by atoms with Crippen LogP contribution in [-0.2, 0) is 6.50 Å². The summed E-state index contributed by atoms with van der Waals surface area (Å²) < 4.78 is 51.4. The van der Waals surface area contributed by atoms with Crippen molar-refractivity contribution < 1.29 is 17.8 Å². The zero-order chi connectivity index (χ0) is 28.4. The van der Waals surface area contributed by atoms with Gasteiger partial charge in [0.15, 0.2) is 23.1 Å². The zero-order valence-electron chi connectivity index (χ0n) is 23.5. The third kappa shape index (κ3) is 4.74. The number of hydrogen-bond acceptors (Lipinski definition) is 8. The number of benzene rings is 1. The molecule has 0 atom stereocenters. The third-order valence-corrected chi connectivity index (χ3v) is 4.74. The fourth-order valence-electron chi connectivity index (χ4n) is 3.04. The fourth-order valence-corrected chi connectivity index (χ4v) is 3.04. The molecular formula is C22H23N9O2. The number of aromatic nitrogens is 5. The van der Waals surface area contributed by atoms with Crippen LogP contribution >= 0.6 is 0 Å². The number of methoxy groups -OCH3 is 1. The highest BCUT2D eigenvalue weighted by atomic mass is 16.5. The van der Waals surface area contributed by atoms with Gasteiger partial charge in [-0.25, -0.2) is 14.7 Å². The fraction of sp³-hybridized carbons (Fsp3) is 0.273. The number of nitrogens with one attached hydrogen (secondary N) is 2. The normalized spacial score (nSPS) is 16.6. The van der Waals surface area contributed by atoms with Gasteiger partial charge in [-0.2, -0.15) is 0 Å². The van der Waals surface area contributed by atoms with Crippen molar-refractivity contribution in [3.8, 4) is 29.5 Å². The van der Waals surface area contributed by atoms with Crippen molar-refractivity contribution in [1.29, 1.82) is 0 Å². The Morgan fingerprint density at radius 1 is 1.48 bits per heavy atom. The summed E-state index contributed by atoms with van der Waals surface area (Å²) in [4.78, 5) is 21.1. The molecule has 3 aromatic rings. The summed E-state index contributed by atoms with van der Waals surface area (Å²) in [6.45, 7) is -5.02. The predicted molar refractivity (Wildman–Crippen MR) is 124 cm³/mol. The van der Waals surface area contributed by atoms with Gasteiger partial charge in [0.25, 0.3) is 5.91 Å². The van der Waals surface area contributed by atoms with Gasteiger partial charge < -0.3 is 21.1 Å². The Kier molecular flexibility index (Phi) is 4.35. The molecule has 4 rings (SSSR count). The summed E-state index contributed by atoms with van der Waals surface area (Å²) in [7, 11) is 1.39. The van der Waals surface area contributed by atoms with Crippen LogP contribution < -0.4 is 21.1 Å². The zero-order valence-corrected chi connectivity index (χ0v) is 17.5. The molecule has 1 saturated carbocycles. The highest BCUT2D eigenvalue weighted by Gasteiger charge is 2.26. The van der Waals surface area contributed by atoms with Crippen molar-refractivity contribution in [3.05, 3.63) is 36.3 Å². The molecule has 11 nitrogen and oxygen atoms in total. The van der Waals surface area contributed by atoms with Crippen molar-refractivity contribution in [2.24, 2.45) is 16.6 Å². The van der Waals surface area contributed by atoms with Crippen molar-refractivity contribution in [3.63, 3.8) is 0 Å². The molecule has 33 heavy (non-hydrogen) atoms. The molecule has 2 aromatic heterocycles. The number of nitrogens with zero attached hydrogens (tertiary/aromatic N) is 6. The monoisotopic (exact) mass is 451 g/mol. The number of amidine groups is 1. The number of amides is 1. The molecule has 1 aliphatic rings. The standard InChI is InChI=1S/C22H23N9O2/c1-4-10-31-12-25-21(30-31)14-6-5-7-15(19(14)33-3)26-16-11-17(27-20(23)13-8-9-13)28-29-18(16)22(32)24-2/h1,5-7,11-13H,8-10H2,2-3H3,(H,24,32)(H3,23,26,27,28)/i1D,2D3,10D2. The summed E-state index contributed by atoms with van der Waals surface area (Å²) in [5.74, 6) is 2.07. The summed E-state index contributed by atoms with van der Waals surface area (Å²) in [6, 6.07) is 6.30. The first kappa shape index (κ1) is 15.4. The smallest absolute Gasteiger partial charge is 0.273 e. The van der Waals surface area contributed by atoms with E-state index in [2.05, 4.69) is 36.5 Å². The summed E-state index contributed by atoms with van der Waals surface area (Å²) in [5, 5.41) is 16.9. The quantitative estimate of drug-likeness (QED) is 0.267. The lowest BCUT2D eigenvalue weighted by Crippen LogP contribution is -2.21. The van der Waals surface area contributed by atoms with Crippen LogP contribution in [0.4, 0.5) is 17.2 Å². The average molecular weight is 452 g/mol. The first-order valence-electron chi connectivity index (χ1n) is 12.8. The van der Waals surface area contributed by atoms with Gasteiger partial charge in [-0.3, -0.25) is 4.79 Å². The molecule has 168 valence electrons. The molecule has 11 heteroatoms. The van der Waals surface area contributed by atoms with E-state index in [4.69, 9.17) is 18.7 Å². The molecular weight excluding hydrogens is 422 g/mol. The second kappa shape index (κ2) is 9.35. The number of nitrogens with two attached hydrogens (primary N) is 1. The minimum Gasteiger partial charge on any atom is -0.494 e. The number of rotatable bonds is 8. The lowest BCUT2D eigenvalue weighted by Gasteiger charge is -2.15. The molecule has 0 saturated heterocycles. The molecule has 1 fully saturated rings. The Balaban J connectivity index is 1.75. The van der Waals surface area contributed by atoms with Crippen LogP contribution in [0.15, 0.2) is 35.6 Å². The van der Waals surface area contributed by atoms with Gasteiger partial charge >= 0.3 is 0 Å². The number of terminal acetylenes is 1. The van der Waals surface area contributed by atoms with Crippen LogP contribution in [0.1, 0.15) is 31.6 Å². The van der Waals surface area contributed by atoms with Crippen molar-refractivity contribution >= 4 is 28.9 Å². The van der Waals surface area contributed by atoms with Crippen molar-refractivity contribution in [2.75, 3.05) is 19.4 Å². The molecule has 1 amide bonds. The molecule has 0 bridgehead atoms. The van der Waals surface area contributed by atoms with Gasteiger partial charge in [0.2, 0.25) is 0 Å². The minimum absolute atomic E-state index is 0.0742. The summed E-state index contributed by atoms with van der Waals surface area (Å²) >= 11 is 0. The third-order valence-electron chi connectivity index (χ3n) is 4.74. The van der Waals surface area contributed by atoms with Gasteiger partial charge in [0.05, 0.1) is 26.8 Å². The van der Waals surface area contributed by atoms with E-state index in [1.165, 1.54) is 13.2 Å². The van der Waals surface area contributed by atoms with Crippen molar-refractivity contribution in [2.45, 2.75) is 19.3 Å². The number of ether oxygens (including phenoxy) is 1. The lowest BCUT2D eigenvalue weighted by molar-refractivity contribution is 0.0958. The minimum atomic E-state index is -2.76. The number of carbonyl (C=O) groups is 1. The Bertz CT molecular complexity index is 1490. The predicted octanol–water partition coefficient (Wildman–Crippen LogP) is 1.88. The molecule has 1 aliphatic carbocycles. The van der Waals surface area contributed by atoms with Gasteiger partial charge in [-0.15, -0.1) is 21.7 Å². The molecule has 0 unspecified atom stereocenters. The number of anilines is 2. The topological polar surface area (TPSA) is 145 Å². The van der Waals surface area contributed by atoms with E-state index in [-0.39, 0.29) is 34.7 Å². The maximum Gasteiger partial charge on any atom is 0.273 e. The Morgan fingerprint density at radius 3 is 3.12 bits per heavy atom. The van der Waals surface area contributed by atoms with Crippen molar-refractivity contribution in [1.82, 2.24) is 30.3 Å². The first-order chi connectivity index (χ1) is 18.4. The maximum absolute atomic E-state index is 12.7. The number of aliphatic imine (C=N–C) groups is 1. The average Bonchev–Trinajstić information content (AvgIpc) is 3.59. The Morgan fingerprint density at radius 2 is 2.36 bits per heavy atom. The van der Waals surface area contributed by atoms with Crippen LogP contribution in [0.5, 0.6) is 5.75 Å². The second-order valence-corrected chi connectivity index (χ2v) is 6.99. The second-order valence-electron chi connectivity index (χ2n) is 6.99. The molecule has 0 spiro atoms. The van der Waals surface area contributed by atoms with E-state index in [0.29, 0.717) is 17.1 Å². The Hall–Kier alpha value is -4.46. The van der Waals surface area contributed by atoms with E-state index >= 15 is 0 Å². The van der Waals surface area contributed by atoms with Gasteiger partial charge in [-0.05, 0) is 25.0 Å². The molecule has 1 aromatic carbocycles. The first-order valence-corrected chi connectivity index (χ1v) is 9.76. The highest BCUT2D eigenvalue weighted by molar-refractivity contribution is 5.99. The van der Waals surface area contributed by atoms with Gasteiger partial charge in [0.1, 0.15) is 20.0 Å². The molecule has 4 N–H and O–H groups in total.